The van der Waals surface area contributed by atoms with E-state index in [4.69, 9.17) is 0 Å². The molecule has 1 heterocycles. The standard InChI is InChI=1S/C15H16N2O3/c1-2-8-16-13(18)7-9-17-14(19)10-11-5-3-4-6-12(11)15(17)20/h2-6H,1,7-10H2,(H,16,18). The Hall–Kier alpha value is -2.43. The Morgan fingerprint density at radius 2 is 2.10 bits per heavy atom. The lowest BCUT2D eigenvalue weighted by Crippen LogP contribution is -2.44. The smallest absolute Gasteiger partial charge is 0.260 e. The topological polar surface area (TPSA) is 66.5 Å². The zero-order chi connectivity index (χ0) is 14.5. The number of carbonyl (C=O) groups is 3. The summed E-state index contributed by atoms with van der Waals surface area (Å²) >= 11 is 0. The molecule has 0 aromatic heterocycles. The molecule has 0 spiro atoms. The highest BCUT2D eigenvalue weighted by Crippen LogP contribution is 2.19. The van der Waals surface area contributed by atoms with E-state index in [0.29, 0.717) is 12.1 Å². The van der Waals surface area contributed by atoms with Gasteiger partial charge in [0.25, 0.3) is 5.91 Å². The van der Waals surface area contributed by atoms with Gasteiger partial charge in [0.15, 0.2) is 0 Å². The molecule has 0 radical (unpaired) electrons. The quantitative estimate of drug-likeness (QED) is 0.640. The highest BCUT2D eigenvalue weighted by molar-refractivity contribution is 6.09. The first kappa shape index (κ1) is 14.0. The van der Waals surface area contributed by atoms with E-state index < -0.39 is 0 Å². The fourth-order valence-corrected chi connectivity index (χ4v) is 2.11. The molecule has 5 heteroatoms. The molecule has 5 nitrogen and oxygen atoms in total. The lowest BCUT2D eigenvalue weighted by molar-refractivity contribution is -0.129. The zero-order valence-electron chi connectivity index (χ0n) is 11.1. The van der Waals surface area contributed by atoms with Gasteiger partial charge >= 0.3 is 0 Å². The van der Waals surface area contributed by atoms with Gasteiger partial charge in [0.1, 0.15) is 0 Å². The Kier molecular flexibility index (Phi) is 4.30. The van der Waals surface area contributed by atoms with Crippen molar-refractivity contribution in [2.24, 2.45) is 0 Å². The van der Waals surface area contributed by atoms with Gasteiger partial charge in [0.05, 0.1) is 6.42 Å². The van der Waals surface area contributed by atoms with E-state index in [1.807, 2.05) is 0 Å². The summed E-state index contributed by atoms with van der Waals surface area (Å²) in [4.78, 5) is 36.8. The Morgan fingerprint density at radius 3 is 2.85 bits per heavy atom. The Labute approximate surface area is 117 Å². The van der Waals surface area contributed by atoms with Gasteiger partial charge in [-0.1, -0.05) is 24.3 Å². The van der Waals surface area contributed by atoms with Crippen molar-refractivity contribution in [1.82, 2.24) is 10.2 Å². The maximum atomic E-state index is 12.2. The maximum absolute atomic E-state index is 12.2. The van der Waals surface area contributed by atoms with Crippen molar-refractivity contribution in [1.29, 1.82) is 0 Å². The molecule has 1 aliphatic heterocycles. The van der Waals surface area contributed by atoms with Gasteiger partial charge in [0.2, 0.25) is 11.8 Å². The second kappa shape index (κ2) is 6.14. The fourth-order valence-electron chi connectivity index (χ4n) is 2.11. The lowest BCUT2D eigenvalue weighted by atomic mass is 9.98. The van der Waals surface area contributed by atoms with E-state index in [0.717, 1.165) is 10.5 Å². The summed E-state index contributed by atoms with van der Waals surface area (Å²) in [5, 5.41) is 2.61. The molecule has 2 rings (SSSR count). The summed E-state index contributed by atoms with van der Waals surface area (Å²) in [5.74, 6) is -0.789. The number of nitrogens with zero attached hydrogens (tertiary/aromatic N) is 1. The van der Waals surface area contributed by atoms with Crippen LogP contribution in [0.4, 0.5) is 0 Å². The second-order valence-corrected chi connectivity index (χ2v) is 4.53. The number of hydrogen-bond donors (Lipinski definition) is 1. The third-order valence-corrected chi connectivity index (χ3v) is 3.14. The van der Waals surface area contributed by atoms with Gasteiger partial charge < -0.3 is 5.32 Å². The van der Waals surface area contributed by atoms with Crippen molar-refractivity contribution < 1.29 is 14.4 Å². The number of amides is 3. The van der Waals surface area contributed by atoms with E-state index >= 15 is 0 Å². The molecule has 3 amide bonds. The summed E-state index contributed by atoms with van der Waals surface area (Å²) in [5.41, 5.74) is 1.29. The minimum absolute atomic E-state index is 0.105. The maximum Gasteiger partial charge on any atom is 0.260 e. The van der Waals surface area contributed by atoms with Crippen molar-refractivity contribution in [2.75, 3.05) is 13.1 Å². The number of nitrogens with one attached hydrogen (secondary N) is 1. The first-order chi connectivity index (χ1) is 9.63. The fraction of sp³-hybridized carbons (Fsp3) is 0.267. The first-order valence-electron chi connectivity index (χ1n) is 6.43. The molecule has 0 fully saturated rings. The second-order valence-electron chi connectivity index (χ2n) is 4.53. The van der Waals surface area contributed by atoms with Crippen LogP contribution in [0.15, 0.2) is 36.9 Å². The molecule has 0 aliphatic carbocycles. The van der Waals surface area contributed by atoms with Crippen LogP contribution >= 0.6 is 0 Å². The summed E-state index contributed by atoms with van der Waals surface area (Å²) in [6.07, 6.45) is 1.88. The lowest BCUT2D eigenvalue weighted by Gasteiger charge is -2.26. The van der Waals surface area contributed by atoms with Crippen LogP contribution in [-0.4, -0.2) is 35.7 Å². The molecule has 20 heavy (non-hydrogen) atoms. The number of hydrogen-bond acceptors (Lipinski definition) is 3. The molecule has 1 aromatic carbocycles. The van der Waals surface area contributed by atoms with Gasteiger partial charge in [-0.3, -0.25) is 19.3 Å². The normalized spacial score (nSPS) is 13.9. The predicted octanol–water partition coefficient (Wildman–Crippen LogP) is 0.904. The summed E-state index contributed by atoms with van der Waals surface area (Å²) in [6, 6.07) is 7.05. The third-order valence-electron chi connectivity index (χ3n) is 3.14. The molecule has 0 bridgehead atoms. The van der Waals surface area contributed by atoms with Gasteiger partial charge in [-0.05, 0) is 11.6 Å². The third kappa shape index (κ3) is 2.93. The van der Waals surface area contributed by atoms with Crippen LogP contribution in [0.3, 0.4) is 0 Å². The van der Waals surface area contributed by atoms with Crippen molar-refractivity contribution >= 4 is 17.7 Å². The van der Waals surface area contributed by atoms with Crippen LogP contribution in [0.2, 0.25) is 0 Å². The summed E-state index contributed by atoms with van der Waals surface area (Å²) in [7, 11) is 0. The number of fused-ring (bicyclic) bond motifs is 1. The minimum Gasteiger partial charge on any atom is -0.353 e. The molecular formula is C15H16N2O3. The number of carbonyl (C=O) groups excluding carboxylic acids is 3. The highest BCUT2D eigenvalue weighted by Gasteiger charge is 2.30. The SMILES string of the molecule is C=CCNC(=O)CCN1C(=O)Cc2ccccc2C1=O. The van der Waals surface area contributed by atoms with Crippen molar-refractivity contribution in [3.05, 3.63) is 48.0 Å². The average molecular weight is 272 g/mol. The van der Waals surface area contributed by atoms with Crippen LogP contribution in [-0.2, 0) is 16.0 Å². The molecule has 1 N–H and O–H groups in total. The Balaban J connectivity index is 2.03. The van der Waals surface area contributed by atoms with E-state index in [9.17, 15) is 14.4 Å². The highest BCUT2D eigenvalue weighted by atomic mass is 16.2. The molecule has 0 saturated heterocycles. The van der Waals surface area contributed by atoms with Gasteiger partial charge in [-0.2, -0.15) is 0 Å². The van der Waals surface area contributed by atoms with Crippen LogP contribution in [0.1, 0.15) is 22.3 Å². The van der Waals surface area contributed by atoms with Gasteiger partial charge in [-0.15, -0.1) is 6.58 Å². The molecule has 0 saturated carbocycles. The monoisotopic (exact) mass is 272 g/mol. The van der Waals surface area contributed by atoms with E-state index in [2.05, 4.69) is 11.9 Å². The Morgan fingerprint density at radius 1 is 1.35 bits per heavy atom. The van der Waals surface area contributed by atoms with Crippen molar-refractivity contribution in [3.8, 4) is 0 Å². The van der Waals surface area contributed by atoms with Crippen LogP contribution in [0, 0.1) is 0 Å². The Bertz CT molecular complexity index is 566. The van der Waals surface area contributed by atoms with E-state index in [1.165, 1.54) is 0 Å². The van der Waals surface area contributed by atoms with Gasteiger partial charge in [0, 0.05) is 25.1 Å². The van der Waals surface area contributed by atoms with Crippen LogP contribution in [0.5, 0.6) is 0 Å². The van der Waals surface area contributed by atoms with Gasteiger partial charge in [-0.25, -0.2) is 0 Å². The van der Waals surface area contributed by atoms with Crippen molar-refractivity contribution in [2.45, 2.75) is 12.8 Å². The van der Waals surface area contributed by atoms with E-state index in [-0.39, 0.29) is 37.1 Å². The minimum atomic E-state index is -0.326. The predicted molar refractivity (Wildman–Crippen MR) is 74.0 cm³/mol. The average Bonchev–Trinajstić information content (AvgIpc) is 2.45. The number of imide groups is 1. The van der Waals surface area contributed by atoms with Crippen LogP contribution in [0.25, 0.3) is 0 Å². The van der Waals surface area contributed by atoms with E-state index in [1.54, 1.807) is 30.3 Å². The molecule has 0 unspecified atom stereocenters. The molecule has 1 aromatic rings. The summed E-state index contributed by atoms with van der Waals surface area (Å²) in [6.45, 7) is 3.98. The number of benzene rings is 1. The summed E-state index contributed by atoms with van der Waals surface area (Å²) < 4.78 is 0. The molecular weight excluding hydrogens is 256 g/mol. The number of rotatable bonds is 5. The molecule has 104 valence electrons. The first-order valence-corrected chi connectivity index (χ1v) is 6.43. The van der Waals surface area contributed by atoms with Crippen molar-refractivity contribution in [3.63, 3.8) is 0 Å². The van der Waals surface area contributed by atoms with Crippen LogP contribution < -0.4 is 5.32 Å². The zero-order valence-corrected chi connectivity index (χ0v) is 11.1. The largest absolute Gasteiger partial charge is 0.353 e. The molecule has 0 atom stereocenters. The molecule has 1 aliphatic rings.